The Kier molecular flexibility index (Phi) is 6.47. The molecule has 33 heavy (non-hydrogen) atoms. The molecule has 0 atom stereocenters. The number of hydrogen-bond donors (Lipinski definition) is 0. The summed E-state index contributed by atoms with van der Waals surface area (Å²) < 4.78 is 14.7. The van der Waals surface area contributed by atoms with Gasteiger partial charge in [0.1, 0.15) is 18.1 Å². The van der Waals surface area contributed by atoms with E-state index >= 15 is 0 Å². The maximum absolute atomic E-state index is 6.47. The van der Waals surface area contributed by atoms with Gasteiger partial charge >= 0.3 is 0 Å². The van der Waals surface area contributed by atoms with E-state index in [1.165, 1.54) is 5.56 Å². The van der Waals surface area contributed by atoms with Gasteiger partial charge in [-0.25, -0.2) is 0 Å². The number of thiophene rings is 1. The summed E-state index contributed by atoms with van der Waals surface area (Å²) in [7, 11) is 0. The number of benzene rings is 4. The Labute approximate surface area is 206 Å². The first-order valence-electron chi connectivity index (χ1n) is 11.0. The van der Waals surface area contributed by atoms with E-state index in [1.807, 2.05) is 36.4 Å². The molecule has 0 fully saturated rings. The minimum atomic E-state index is 0.546. The minimum absolute atomic E-state index is 0.546. The normalized spacial score (nSPS) is 11.0. The lowest BCUT2D eigenvalue weighted by atomic mass is 10.1. The second-order valence-electron chi connectivity index (χ2n) is 7.80. The molecule has 0 spiro atoms. The van der Waals surface area contributed by atoms with Crippen molar-refractivity contribution in [2.24, 2.45) is 0 Å². The summed E-state index contributed by atoms with van der Waals surface area (Å²) in [5.41, 5.74) is 3.58. The van der Waals surface area contributed by atoms with Gasteiger partial charge in [0.25, 0.3) is 0 Å². The zero-order chi connectivity index (χ0) is 22.6. The Morgan fingerprint density at radius 3 is 2.21 bits per heavy atom. The van der Waals surface area contributed by atoms with Crippen molar-refractivity contribution in [1.29, 1.82) is 0 Å². The van der Waals surface area contributed by atoms with E-state index in [9.17, 15) is 0 Å². The first-order chi connectivity index (χ1) is 16.2. The lowest BCUT2D eigenvalue weighted by Crippen LogP contribution is -1.94. The predicted molar refractivity (Wildman–Crippen MR) is 142 cm³/mol. The van der Waals surface area contributed by atoms with Gasteiger partial charge in [-0.1, -0.05) is 77.5 Å². The van der Waals surface area contributed by atoms with Gasteiger partial charge < -0.3 is 9.47 Å². The van der Waals surface area contributed by atoms with Crippen LogP contribution in [0.5, 0.6) is 17.2 Å². The third kappa shape index (κ3) is 4.97. The summed E-state index contributed by atoms with van der Waals surface area (Å²) in [4.78, 5) is 1.11. The van der Waals surface area contributed by atoms with Crippen molar-refractivity contribution in [3.63, 3.8) is 0 Å². The molecule has 5 aromatic rings. The molecule has 0 aliphatic carbocycles. The van der Waals surface area contributed by atoms with E-state index in [0.717, 1.165) is 54.2 Å². The Morgan fingerprint density at radius 1 is 0.758 bits per heavy atom. The Bertz CT molecular complexity index is 1360. The third-order valence-corrected chi connectivity index (χ3v) is 7.23. The molecule has 0 aliphatic rings. The van der Waals surface area contributed by atoms with Crippen molar-refractivity contribution in [2.45, 2.75) is 20.0 Å². The predicted octanol–water partition coefficient (Wildman–Crippen LogP) is 9.26. The van der Waals surface area contributed by atoms with Crippen LogP contribution in [0.1, 0.15) is 18.1 Å². The van der Waals surface area contributed by atoms with E-state index < -0.39 is 0 Å². The van der Waals surface area contributed by atoms with Crippen LogP contribution >= 0.6 is 27.3 Å². The van der Waals surface area contributed by atoms with E-state index in [4.69, 9.17) is 9.47 Å². The monoisotopic (exact) mass is 514 g/mol. The average molecular weight is 515 g/mol. The fourth-order valence-electron chi connectivity index (χ4n) is 3.69. The molecule has 0 saturated carbocycles. The fraction of sp³-hybridized carbons (Fsp3) is 0.103. The summed E-state index contributed by atoms with van der Waals surface area (Å²) in [5.74, 6) is 2.58. The van der Waals surface area contributed by atoms with Gasteiger partial charge in [-0.3, -0.25) is 0 Å². The molecule has 0 bridgehead atoms. The highest BCUT2D eigenvalue weighted by molar-refractivity contribution is 9.10. The minimum Gasteiger partial charge on any atom is -0.489 e. The molecular formula is C29H23BrO2S. The molecule has 0 aliphatic heterocycles. The number of ether oxygens (including phenoxy) is 2. The van der Waals surface area contributed by atoms with Crippen molar-refractivity contribution >= 4 is 37.4 Å². The van der Waals surface area contributed by atoms with Crippen LogP contribution in [0, 0.1) is 0 Å². The zero-order valence-corrected chi connectivity index (χ0v) is 20.7. The number of aryl methyl sites for hydroxylation is 1. The van der Waals surface area contributed by atoms with E-state index in [2.05, 4.69) is 83.5 Å². The third-order valence-electron chi connectivity index (χ3n) is 5.52. The van der Waals surface area contributed by atoms with Crippen LogP contribution in [0.3, 0.4) is 0 Å². The van der Waals surface area contributed by atoms with Crippen LogP contribution in [0.2, 0.25) is 0 Å². The molecule has 0 amide bonds. The van der Waals surface area contributed by atoms with E-state index in [-0.39, 0.29) is 0 Å². The van der Waals surface area contributed by atoms with Crippen LogP contribution in [0.15, 0.2) is 102 Å². The number of fused-ring (bicyclic) bond motifs is 1. The van der Waals surface area contributed by atoms with Gasteiger partial charge in [-0.15, -0.1) is 11.3 Å². The maximum atomic E-state index is 6.47. The molecule has 2 nitrogen and oxygen atoms in total. The van der Waals surface area contributed by atoms with Crippen LogP contribution in [0.4, 0.5) is 0 Å². The second-order valence-corrected chi connectivity index (χ2v) is 9.77. The first kappa shape index (κ1) is 21.7. The van der Waals surface area contributed by atoms with Gasteiger partial charge in [0, 0.05) is 14.6 Å². The molecule has 1 aromatic heterocycles. The Morgan fingerprint density at radius 2 is 1.48 bits per heavy atom. The first-order valence-corrected chi connectivity index (χ1v) is 12.6. The van der Waals surface area contributed by atoms with Crippen molar-refractivity contribution < 1.29 is 9.47 Å². The Balaban J connectivity index is 1.51. The van der Waals surface area contributed by atoms with Gasteiger partial charge in [0.15, 0.2) is 5.75 Å². The maximum Gasteiger partial charge on any atom is 0.153 e. The summed E-state index contributed by atoms with van der Waals surface area (Å²) in [6, 6.07) is 33.2. The fourth-order valence-corrected chi connectivity index (χ4v) is 5.12. The van der Waals surface area contributed by atoms with Gasteiger partial charge in [-0.2, -0.15) is 0 Å². The van der Waals surface area contributed by atoms with Crippen molar-refractivity contribution in [3.8, 4) is 27.7 Å². The van der Waals surface area contributed by atoms with Crippen molar-refractivity contribution in [1.82, 2.24) is 0 Å². The SMILES string of the molecule is CCc1ccc(Oc2c(-c3ccc(Br)cc3)sc3cc(OCc4ccccc4)ccc23)cc1. The number of hydrogen-bond acceptors (Lipinski definition) is 3. The average Bonchev–Trinajstić information content (AvgIpc) is 3.22. The van der Waals surface area contributed by atoms with Crippen molar-refractivity contribution in [2.75, 3.05) is 0 Å². The summed E-state index contributed by atoms with van der Waals surface area (Å²) in [6.07, 6.45) is 1.01. The molecule has 164 valence electrons. The summed E-state index contributed by atoms with van der Waals surface area (Å²) in [6.45, 7) is 2.70. The summed E-state index contributed by atoms with van der Waals surface area (Å²) >= 11 is 5.27. The molecule has 0 radical (unpaired) electrons. The van der Waals surface area contributed by atoms with Gasteiger partial charge in [-0.05, 0) is 65.6 Å². The number of rotatable bonds is 7. The van der Waals surface area contributed by atoms with Gasteiger partial charge in [0.05, 0.1) is 4.88 Å². The standard InChI is InChI=1S/C29H23BrO2S/c1-2-20-8-14-24(15-9-20)32-28-26-17-16-25(31-19-21-6-4-3-5-7-21)18-27(26)33-29(28)22-10-12-23(30)13-11-22/h3-18H,2,19H2,1H3. The zero-order valence-electron chi connectivity index (χ0n) is 18.3. The number of halogens is 1. The molecule has 0 unspecified atom stereocenters. The quantitative estimate of drug-likeness (QED) is 0.215. The largest absolute Gasteiger partial charge is 0.489 e. The lowest BCUT2D eigenvalue weighted by Gasteiger charge is -2.09. The lowest BCUT2D eigenvalue weighted by molar-refractivity contribution is 0.306. The molecule has 1 heterocycles. The van der Waals surface area contributed by atoms with Crippen LogP contribution < -0.4 is 9.47 Å². The van der Waals surface area contributed by atoms with Crippen LogP contribution in [-0.4, -0.2) is 0 Å². The van der Waals surface area contributed by atoms with Crippen LogP contribution in [-0.2, 0) is 13.0 Å². The van der Waals surface area contributed by atoms with Gasteiger partial charge in [0.2, 0.25) is 0 Å². The summed E-state index contributed by atoms with van der Waals surface area (Å²) in [5, 5.41) is 1.09. The molecule has 5 rings (SSSR count). The Hall–Kier alpha value is -3.08. The van der Waals surface area contributed by atoms with E-state index in [1.54, 1.807) is 11.3 Å². The molecule has 4 heteroatoms. The van der Waals surface area contributed by atoms with E-state index in [0.29, 0.717) is 6.61 Å². The highest BCUT2D eigenvalue weighted by Gasteiger charge is 2.17. The molecule has 0 N–H and O–H groups in total. The topological polar surface area (TPSA) is 18.5 Å². The second kappa shape index (κ2) is 9.82. The molecular weight excluding hydrogens is 492 g/mol. The highest BCUT2D eigenvalue weighted by atomic mass is 79.9. The smallest absolute Gasteiger partial charge is 0.153 e. The highest BCUT2D eigenvalue weighted by Crippen LogP contribution is 2.47. The molecule has 0 saturated heterocycles. The van der Waals surface area contributed by atoms with Crippen molar-refractivity contribution in [3.05, 3.63) is 113 Å². The molecule has 4 aromatic carbocycles. The van der Waals surface area contributed by atoms with Crippen LogP contribution in [0.25, 0.3) is 20.5 Å².